The van der Waals surface area contributed by atoms with Crippen molar-refractivity contribution in [3.05, 3.63) is 47.0 Å². The van der Waals surface area contributed by atoms with Gasteiger partial charge in [0.25, 0.3) is 0 Å². The first-order valence-corrected chi connectivity index (χ1v) is 7.31. The van der Waals surface area contributed by atoms with E-state index in [-0.39, 0.29) is 0 Å². The molecule has 21 heavy (non-hydrogen) atoms. The van der Waals surface area contributed by atoms with Crippen LogP contribution in [0.2, 0.25) is 0 Å². The zero-order valence-electron chi connectivity index (χ0n) is 11.7. The predicted octanol–water partition coefficient (Wildman–Crippen LogP) is 3.33. The number of rotatable bonds is 5. The van der Waals surface area contributed by atoms with Gasteiger partial charge in [-0.3, -0.25) is 0 Å². The summed E-state index contributed by atoms with van der Waals surface area (Å²) in [7, 11) is 0. The molecule has 0 unspecified atom stereocenters. The van der Waals surface area contributed by atoms with Crippen molar-refractivity contribution in [2.24, 2.45) is 0 Å². The van der Waals surface area contributed by atoms with Crippen LogP contribution in [0.3, 0.4) is 0 Å². The number of fused-ring (bicyclic) bond motifs is 1. The second-order valence-corrected chi connectivity index (χ2v) is 5.12. The summed E-state index contributed by atoms with van der Waals surface area (Å²) in [6.45, 7) is 3.36. The number of H-pyrrole nitrogens is 1. The van der Waals surface area contributed by atoms with Crippen molar-refractivity contribution >= 4 is 23.3 Å². The standard InChI is InChI=1S/C15H16N4OS/c1-2-9-20-13-7-3-6-12-14(13)17-15(21)19(12)10-11-5-4-8-16-18-11/h3-8H,2,9-10H2,1H3,(H,17,21). The maximum absolute atomic E-state index is 5.77. The molecule has 0 aliphatic heterocycles. The van der Waals surface area contributed by atoms with Crippen molar-refractivity contribution in [3.8, 4) is 5.75 Å². The highest BCUT2D eigenvalue weighted by Crippen LogP contribution is 2.25. The number of hydrogen-bond donors (Lipinski definition) is 1. The van der Waals surface area contributed by atoms with Crippen LogP contribution in [0.5, 0.6) is 5.75 Å². The first kappa shape index (κ1) is 13.8. The lowest BCUT2D eigenvalue weighted by Gasteiger charge is -2.06. The molecule has 0 atom stereocenters. The third kappa shape index (κ3) is 2.80. The fourth-order valence-electron chi connectivity index (χ4n) is 2.22. The van der Waals surface area contributed by atoms with Gasteiger partial charge in [0.15, 0.2) is 4.77 Å². The molecule has 0 amide bonds. The average Bonchev–Trinajstić information content (AvgIpc) is 2.83. The maximum atomic E-state index is 5.77. The summed E-state index contributed by atoms with van der Waals surface area (Å²) >= 11 is 5.43. The lowest BCUT2D eigenvalue weighted by Crippen LogP contribution is -2.02. The van der Waals surface area contributed by atoms with E-state index in [4.69, 9.17) is 17.0 Å². The Kier molecular flexibility index (Phi) is 3.96. The van der Waals surface area contributed by atoms with E-state index in [0.717, 1.165) is 28.9 Å². The van der Waals surface area contributed by atoms with Gasteiger partial charge in [0.05, 0.1) is 24.4 Å². The third-order valence-corrected chi connectivity index (χ3v) is 3.50. The highest BCUT2D eigenvalue weighted by molar-refractivity contribution is 7.71. The summed E-state index contributed by atoms with van der Waals surface area (Å²) < 4.78 is 8.43. The average molecular weight is 300 g/mol. The highest BCUT2D eigenvalue weighted by Gasteiger charge is 2.10. The van der Waals surface area contributed by atoms with Crippen LogP contribution in [-0.2, 0) is 6.54 Å². The lowest BCUT2D eigenvalue weighted by molar-refractivity contribution is 0.320. The summed E-state index contributed by atoms with van der Waals surface area (Å²) in [5, 5.41) is 8.01. The van der Waals surface area contributed by atoms with Crippen LogP contribution in [0, 0.1) is 4.77 Å². The van der Waals surface area contributed by atoms with E-state index in [2.05, 4.69) is 22.1 Å². The third-order valence-electron chi connectivity index (χ3n) is 3.18. The molecule has 0 bridgehead atoms. The van der Waals surface area contributed by atoms with Gasteiger partial charge in [-0.05, 0) is 42.9 Å². The van der Waals surface area contributed by atoms with Gasteiger partial charge in [-0.1, -0.05) is 13.0 Å². The zero-order valence-corrected chi connectivity index (χ0v) is 12.6. The van der Waals surface area contributed by atoms with Gasteiger partial charge >= 0.3 is 0 Å². The normalized spacial score (nSPS) is 10.9. The SMILES string of the molecule is CCCOc1cccc2c1[nH]c(=S)n2Cc1cccnn1. The van der Waals surface area contributed by atoms with Gasteiger partial charge in [0.2, 0.25) is 0 Å². The van der Waals surface area contributed by atoms with Crippen molar-refractivity contribution in [2.45, 2.75) is 19.9 Å². The fourth-order valence-corrected chi connectivity index (χ4v) is 2.49. The summed E-state index contributed by atoms with van der Waals surface area (Å²) in [6.07, 6.45) is 2.63. The molecule has 0 saturated heterocycles. The zero-order chi connectivity index (χ0) is 14.7. The molecule has 6 heteroatoms. The Bertz CT molecular complexity index is 794. The monoisotopic (exact) mass is 300 g/mol. The molecule has 0 aliphatic carbocycles. The Labute approximate surface area is 127 Å². The topological polar surface area (TPSA) is 55.7 Å². The second-order valence-electron chi connectivity index (χ2n) is 4.73. The Morgan fingerprint density at radius 3 is 2.95 bits per heavy atom. The molecule has 5 nitrogen and oxygen atoms in total. The molecular formula is C15H16N4OS. The van der Waals surface area contributed by atoms with E-state index in [9.17, 15) is 0 Å². The second kappa shape index (κ2) is 6.05. The van der Waals surface area contributed by atoms with Gasteiger partial charge in [0.1, 0.15) is 11.3 Å². The van der Waals surface area contributed by atoms with Crippen molar-refractivity contribution in [1.82, 2.24) is 19.7 Å². The van der Waals surface area contributed by atoms with Crippen LogP contribution < -0.4 is 4.74 Å². The number of hydrogen-bond acceptors (Lipinski definition) is 4. The summed E-state index contributed by atoms with van der Waals surface area (Å²) in [5.41, 5.74) is 2.81. The first-order valence-electron chi connectivity index (χ1n) is 6.90. The molecule has 0 fully saturated rings. The Hall–Kier alpha value is -2.21. The van der Waals surface area contributed by atoms with E-state index in [0.29, 0.717) is 17.9 Å². The van der Waals surface area contributed by atoms with E-state index in [1.54, 1.807) is 6.20 Å². The summed E-state index contributed by atoms with van der Waals surface area (Å²) in [4.78, 5) is 3.23. The minimum atomic E-state index is 0.587. The van der Waals surface area contributed by atoms with Crippen molar-refractivity contribution in [3.63, 3.8) is 0 Å². The molecular weight excluding hydrogens is 284 g/mol. The van der Waals surface area contributed by atoms with Gasteiger partial charge < -0.3 is 14.3 Å². The molecule has 2 aromatic heterocycles. The van der Waals surface area contributed by atoms with Crippen LogP contribution in [0.25, 0.3) is 11.0 Å². The number of para-hydroxylation sites is 1. The van der Waals surface area contributed by atoms with E-state index < -0.39 is 0 Å². The number of nitrogens with zero attached hydrogens (tertiary/aromatic N) is 3. The minimum absolute atomic E-state index is 0.587. The number of benzene rings is 1. The molecule has 0 spiro atoms. The molecule has 1 aromatic carbocycles. The Morgan fingerprint density at radius 2 is 2.19 bits per heavy atom. The molecule has 0 radical (unpaired) electrons. The number of aromatic amines is 1. The molecule has 1 N–H and O–H groups in total. The maximum Gasteiger partial charge on any atom is 0.178 e. The summed E-state index contributed by atoms with van der Waals surface area (Å²) in [5.74, 6) is 0.832. The van der Waals surface area contributed by atoms with Gasteiger partial charge in [-0.25, -0.2) is 0 Å². The number of ether oxygens (including phenoxy) is 1. The van der Waals surface area contributed by atoms with Crippen LogP contribution in [0.15, 0.2) is 36.5 Å². The van der Waals surface area contributed by atoms with Crippen molar-refractivity contribution in [2.75, 3.05) is 6.61 Å². The van der Waals surface area contributed by atoms with Gasteiger partial charge in [-0.15, -0.1) is 0 Å². The van der Waals surface area contributed by atoms with Gasteiger partial charge in [0, 0.05) is 6.20 Å². The van der Waals surface area contributed by atoms with Crippen LogP contribution in [0.1, 0.15) is 19.0 Å². The largest absolute Gasteiger partial charge is 0.491 e. The van der Waals surface area contributed by atoms with E-state index >= 15 is 0 Å². The molecule has 2 heterocycles. The van der Waals surface area contributed by atoms with Gasteiger partial charge in [-0.2, -0.15) is 10.2 Å². The van der Waals surface area contributed by atoms with Crippen molar-refractivity contribution < 1.29 is 4.74 Å². The lowest BCUT2D eigenvalue weighted by atomic mass is 10.3. The minimum Gasteiger partial charge on any atom is -0.491 e. The predicted molar refractivity (Wildman–Crippen MR) is 84.0 cm³/mol. The molecule has 0 aliphatic rings. The highest BCUT2D eigenvalue weighted by atomic mass is 32.1. The van der Waals surface area contributed by atoms with Crippen LogP contribution in [0.4, 0.5) is 0 Å². The fraction of sp³-hybridized carbons (Fsp3) is 0.267. The van der Waals surface area contributed by atoms with E-state index in [1.807, 2.05) is 34.9 Å². The quantitative estimate of drug-likeness (QED) is 0.734. The molecule has 3 rings (SSSR count). The first-order chi connectivity index (χ1) is 10.3. The number of imidazole rings is 1. The Morgan fingerprint density at radius 1 is 1.29 bits per heavy atom. The number of nitrogens with one attached hydrogen (secondary N) is 1. The van der Waals surface area contributed by atoms with Crippen LogP contribution in [-0.4, -0.2) is 26.4 Å². The Balaban J connectivity index is 2.03. The molecule has 3 aromatic rings. The van der Waals surface area contributed by atoms with Crippen LogP contribution >= 0.6 is 12.2 Å². The molecule has 108 valence electrons. The smallest absolute Gasteiger partial charge is 0.178 e. The van der Waals surface area contributed by atoms with Crippen molar-refractivity contribution in [1.29, 1.82) is 0 Å². The summed E-state index contributed by atoms with van der Waals surface area (Å²) in [6, 6.07) is 9.76. The molecule has 0 saturated carbocycles. The van der Waals surface area contributed by atoms with E-state index in [1.165, 1.54) is 0 Å². The number of aromatic nitrogens is 4.